The first-order chi connectivity index (χ1) is 8.44. The molecule has 0 aromatic heterocycles. The zero-order chi connectivity index (χ0) is 13.3. The van der Waals surface area contributed by atoms with Gasteiger partial charge in [-0.05, 0) is 36.1 Å². The predicted octanol–water partition coefficient (Wildman–Crippen LogP) is 2.46. The summed E-state index contributed by atoms with van der Waals surface area (Å²) in [6.45, 7) is 4.16. The minimum atomic E-state index is -0.379. The van der Waals surface area contributed by atoms with Gasteiger partial charge in [-0.3, -0.25) is 4.79 Å². The molecule has 0 spiro atoms. The molecule has 1 aromatic carbocycles. The number of esters is 1. The van der Waals surface area contributed by atoms with Gasteiger partial charge >= 0.3 is 5.97 Å². The number of methoxy groups -OCH3 is 1. The topological polar surface area (TPSA) is 55.4 Å². The van der Waals surface area contributed by atoms with Crippen LogP contribution in [0.15, 0.2) is 24.3 Å². The van der Waals surface area contributed by atoms with E-state index in [0.717, 1.165) is 6.42 Å². The van der Waals surface area contributed by atoms with Crippen molar-refractivity contribution in [2.24, 2.45) is 11.3 Å². The average Bonchev–Trinajstić information content (AvgIpc) is 2.98. The number of anilines is 1. The fourth-order valence-corrected chi connectivity index (χ4v) is 1.95. The first-order valence-electron chi connectivity index (χ1n) is 5.93. The molecule has 1 aliphatic carbocycles. The molecule has 18 heavy (non-hydrogen) atoms. The molecule has 1 atom stereocenters. The summed E-state index contributed by atoms with van der Waals surface area (Å²) >= 11 is 0. The van der Waals surface area contributed by atoms with Crippen LogP contribution in [0.5, 0.6) is 0 Å². The Labute approximate surface area is 106 Å². The molecule has 0 radical (unpaired) electrons. The molecule has 0 saturated heterocycles. The fourth-order valence-electron chi connectivity index (χ4n) is 1.95. The van der Waals surface area contributed by atoms with E-state index in [2.05, 4.69) is 23.9 Å². The van der Waals surface area contributed by atoms with Crippen molar-refractivity contribution in [2.45, 2.75) is 20.3 Å². The molecule has 96 valence electrons. The second kappa shape index (κ2) is 4.44. The van der Waals surface area contributed by atoms with Gasteiger partial charge in [0.1, 0.15) is 0 Å². The Morgan fingerprint density at radius 2 is 1.83 bits per heavy atom. The molecule has 1 fully saturated rings. The molecule has 0 heterocycles. The number of rotatable bonds is 3. The van der Waals surface area contributed by atoms with Crippen LogP contribution in [0.25, 0.3) is 0 Å². The van der Waals surface area contributed by atoms with E-state index in [0.29, 0.717) is 11.3 Å². The normalized spacial score (nSPS) is 20.1. The standard InChI is InChI=1S/C14H17NO3/c1-14(2)8-11(14)12(16)15-10-6-4-9(5-7-10)13(17)18-3/h4-7,11H,8H2,1-3H3,(H,15,16). The third-order valence-electron chi connectivity index (χ3n) is 3.40. The highest BCUT2D eigenvalue weighted by atomic mass is 16.5. The maximum absolute atomic E-state index is 11.9. The van der Waals surface area contributed by atoms with Crippen molar-refractivity contribution < 1.29 is 14.3 Å². The molecule has 0 bridgehead atoms. The van der Waals surface area contributed by atoms with Crippen LogP contribution in [-0.4, -0.2) is 19.0 Å². The Balaban J connectivity index is 1.99. The Kier molecular flexibility index (Phi) is 3.11. The first kappa shape index (κ1) is 12.6. The Hall–Kier alpha value is -1.84. The van der Waals surface area contributed by atoms with Crippen molar-refractivity contribution in [3.63, 3.8) is 0 Å². The van der Waals surface area contributed by atoms with E-state index in [1.807, 2.05) is 0 Å². The van der Waals surface area contributed by atoms with E-state index in [1.54, 1.807) is 24.3 Å². The number of carbonyl (C=O) groups excluding carboxylic acids is 2. The van der Waals surface area contributed by atoms with Gasteiger partial charge in [-0.2, -0.15) is 0 Å². The predicted molar refractivity (Wildman–Crippen MR) is 68.3 cm³/mol. The van der Waals surface area contributed by atoms with E-state index >= 15 is 0 Å². The number of hydrogen-bond donors (Lipinski definition) is 1. The van der Waals surface area contributed by atoms with E-state index in [9.17, 15) is 9.59 Å². The number of carbonyl (C=O) groups is 2. The number of ether oxygens (including phenoxy) is 1. The van der Waals surface area contributed by atoms with Gasteiger partial charge in [-0.25, -0.2) is 4.79 Å². The van der Waals surface area contributed by atoms with Crippen LogP contribution < -0.4 is 5.32 Å². The molecule has 4 nitrogen and oxygen atoms in total. The molecule has 1 saturated carbocycles. The highest BCUT2D eigenvalue weighted by molar-refractivity contribution is 5.96. The minimum Gasteiger partial charge on any atom is -0.465 e. The van der Waals surface area contributed by atoms with Gasteiger partial charge in [0.15, 0.2) is 0 Å². The lowest BCUT2D eigenvalue weighted by Gasteiger charge is -2.07. The number of amides is 1. The lowest BCUT2D eigenvalue weighted by atomic mass is 10.1. The SMILES string of the molecule is COC(=O)c1ccc(NC(=O)C2CC2(C)C)cc1. The van der Waals surface area contributed by atoms with Crippen molar-refractivity contribution in [3.05, 3.63) is 29.8 Å². The van der Waals surface area contributed by atoms with Gasteiger partial charge in [0.25, 0.3) is 0 Å². The zero-order valence-corrected chi connectivity index (χ0v) is 10.8. The summed E-state index contributed by atoms with van der Waals surface area (Å²) in [6, 6.07) is 6.69. The molecule has 0 aliphatic heterocycles. The largest absolute Gasteiger partial charge is 0.465 e. The van der Waals surface area contributed by atoms with E-state index in [-0.39, 0.29) is 23.2 Å². The quantitative estimate of drug-likeness (QED) is 0.835. The maximum Gasteiger partial charge on any atom is 0.337 e. The van der Waals surface area contributed by atoms with Crippen molar-refractivity contribution >= 4 is 17.6 Å². The molecule has 1 amide bonds. The lowest BCUT2D eigenvalue weighted by Crippen LogP contribution is -2.16. The average molecular weight is 247 g/mol. The van der Waals surface area contributed by atoms with Crippen molar-refractivity contribution in [1.29, 1.82) is 0 Å². The van der Waals surface area contributed by atoms with Crippen molar-refractivity contribution in [1.82, 2.24) is 0 Å². The summed E-state index contributed by atoms with van der Waals surface area (Å²) in [5.41, 5.74) is 1.30. The third kappa shape index (κ3) is 2.53. The lowest BCUT2D eigenvalue weighted by molar-refractivity contribution is -0.118. The molecule has 4 heteroatoms. The fraction of sp³-hybridized carbons (Fsp3) is 0.429. The van der Waals surface area contributed by atoms with E-state index < -0.39 is 0 Å². The molecule has 1 aliphatic rings. The number of benzene rings is 1. The van der Waals surface area contributed by atoms with Gasteiger partial charge in [-0.1, -0.05) is 13.8 Å². The van der Waals surface area contributed by atoms with Crippen LogP contribution >= 0.6 is 0 Å². The molecular formula is C14H17NO3. The van der Waals surface area contributed by atoms with Crippen LogP contribution in [-0.2, 0) is 9.53 Å². The number of hydrogen-bond acceptors (Lipinski definition) is 3. The maximum atomic E-state index is 11.9. The highest BCUT2D eigenvalue weighted by Crippen LogP contribution is 2.51. The smallest absolute Gasteiger partial charge is 0.337 e. The van der Waals surface area contributed by atoms with Crippen molar-refractivity contribution in [3.8, 4) is 0 Å². The van der Waals surface area contributed by atoms with Gasteiger partial charge in [-0.15, -0.1) is 0 Å². The summed E-state index contributed by atoms with van der Waals surface area (Å²) in [5, 5.41) is 2.85. The zero-order valence-electron chi connectivity index (χ0n) is 10.8. The molecule has 1 unspecified atom stereocenters. The van der Waals surface area contributed by atoms with Crippen LogP contribution in [0.3, 0.4) is 0 Å². The Morgan fingerprint density at radius 1 is 1.28 bits per heavy atom. The third-order valence-corrected chi connectivity index (χ3v) is 3.40. The van der Waals surface area contributed by atoms with E-state index in [4.69, 9.17) is 0 Å². The van der Waals surface area contributed by atoms with Crippen molar-refractivity contribution in [2.75, 3.05) is 12.4 Å². The van der Waals surface area contributed by atoms with E-state index in [1.165, 1.54) is 7.11 Å². The molecular weight excluding hydrogens is 230 g/mol. The molecule has 1 aromatic rings. The van der Waals surface area contributed by atoms with Crippen LogP contribution in [0.1, 0.15) is 30.6 Å². The van der Waals surface area contributed by atoms with Gasteiger partial charge < -0.3 is 10.1 Å². The second-order valence-electron chi connectivity index (χ2n) is 5.30. The summed E-state index contributed by atoms with van der Waals surface area (Å²) in [7, 11) is 1.34. The highest BCUT2D eigenvalue weighted by Gasteiger charge is 2.50. The van der Waals surface area contributed by atoms with Gasteiger partial charge in [0.2, 0.25) is 5.91 Å². The van der Waals surface area contributed by atoms with Crippen LogP contribution in [0.2, 0.25) is 0 Å². The Bertz CT molecular complexity index is 476. The summed E-state index contributed by atoms with van der Waals surface area (Å²) in [5.74, 6) is -0.236. The Morgan fingerprint density at radius 3 is 2.28 bits per heavy atom. The monoisotopic (exact) mass is 247 g/mol. The summed E-state index contributed by atoms with van der Waals surface area (Å²) in [6.07, 6.45) is 0.930. The molecule has 2 rings (SSSR count). The van der Waals surface area contributed by atoms with Crippen LogP contribution in [0.4, 0.5) is 5.69 Å². The van der Waals surface area contributed by atoms with Gasteiger partial charge in [0, 0.05) is 11.6 Å². The second-order valence-corrected chi connectivity index (χ2v) is 5.30. The minimum absolute atomic E-state index is 0.0471. The first-order valence-corrected chi connectivity index (χ1v) is 5.93. The number of nitrogens with one attached hydrogen (secondary N) is 1. The molecule has 1 N–H and O–H groups in total. The van der Waals surface area contributed by atoms with Crippen LogP contribution in [0, 0.1) is 11.3 Å². The summed E-state index contributed by atoms with van der Waals surface area (Å²) in [4.78, 5) is 23.1. The summed E-state index contributed by atoms with van der Waals surface area (Å²) < 4.78 is 4.61. The van der Waals surface area contributed by atoms with Gasteiger partial charge in [0.05, 0.1) is 12.7 Å².